The van der Waals surface area contributed by atoms with Crippen molar-refractivity contribution < 1.29 is 48.7 Å². The molecule has 3 saturated heterocycles. The fourth-order valence-corrected chi connectivity index (χ4v) is 7.16. The summed E-state index contributed by atoms with van der Waals surface area (Å²) in [6.45, 7) is 11.9. The number of benzene rings is 2. The van der Waals surface area contributed by atoms with E-state index in [1.54, 1.807) is 20.8 Å². The fourth-order valence-electron chi connectivity index (χ4n) is 6.64. The Morgan fingerprint density at radius 2 is 1.25 bits per heavy atom. The van der Waals surface area contributed by atoms with Crippen LogP contribution in [0.3, 0.4) is 0 Å². The van der Waals surface area contributed by atoms with Gasteiger partial charge in [-0.1, -0.05) is 110 Å². The van der Waals surface area contributed by atoms with Gasteiger partial charge in [-0.2, -0.15) is 25.3 Å². The van der Waals surface area contributed by atoms with E-state index in [2.05, 4.69) is 48.1 Å². The molecule has 0 spiro atoms. The minimum atomic E-state index is -1.36. The second-order valence-electron chi connectivity index (χ2n) is 16.9. The highest BCUT2D eigenvalue weighted by molar-refractivity contribution is 7.81. The van der Waals surface area contributed by atoms with E-state index in [1.165, 1.54) is 9.80 Å². The van der Waals surface area contributed by atoms with Crippen LogP contribution in [0.25, 0.3) is 0 Å². The SMILES string of the molecule is C.C.C.C.CC(C)(C)OC(=O)NC(S)C1(O)CCN(C(=O)OCc2ccccc2)C1.CCCCCC(=O)NC(C)C1(O)CCNC1.NC(S)C1(O)CCN(C(=O)OCc2ccccc2)C1. The Morgan fingerprint density at radius 3 is 1.66 bits per heavy atom. The van der Waals surface area contributed by atoms with E-state index < -0.39 is 51.4 Å². The molecule has 3 heterocycles. The topological polar surface area (TPSA) is 225 Å². The van der Waals surface area contributed by atoms with Crippen LogP contribution in [0.1, 0.15) is 120 Å². The number of rotatable bonds is 13. The molecule has 6 unspecified atom stereocenters. The molecule has 16 nitrogen and oxygen atoms in total. The number of β-amino-alcohol motifs (C(OH)–C–C–N with tert-alkyl or cyclic N) is 3. The molecular weight excluding hydrogens is 873 g/mol. The number of nitrogens with zero attached hydrogens (tertiary/aromatic N) is 2. The quantitative estimate of drug-likeness (QED) is 0.0435. The average Bonchev–Trinajstić information content (AvgIpc) is 3.96. The number of hydrogen-bond donors (Lipinski definition) is 9. The minimum Gasteiger partial charge on any atom is -0.445 e. The molecule has 2 aromatic carbocycles. The summed E-state index contributed by atoms with van der Waals surface area (Å²) in [5.74, 6) is 0.0567. The Balaban J connectivity index is 0. The van der Waals surface area contributed by atoms with Gasteiger partial charge in [0.2, 0.25) is 5.91 Å². The van der Waals surface area contributed by atoms with Crippen LogP contribution >= 0.6 is 25.3 Å². The normalized spacial score (nSPS) is 22.1. The van der Waals surface area contributed by atoms with Crippen molar-refractivity contribution >= 4 is 49.4 Å². The van der Waals surface area contributed by atoms with Crippen LogP contribution < -0.4 is 21.7 Å². The molecule has 0 aromatic heterocycles. The van der Waals surface area contributed by atoms with Crippen LogP contribution in [0.15, 0.2) is 60.7 Å². The first-order chi connectivity index (χ1) is 28.7. The maximum Gasteiger partial charge on any atom is 0.410 e. The molecule has 3 fully saturated rings. The number of carbonyl (C=O) groups is 4. The van der Waals surface area contributed by atoms with E-state index in [-0.39, 0.29) is 74.4 Å². The van der Waals surface area contributed by atoms with Gasteiger partial charge in [-0.05, 0) is 71.0 Å². The molecule has 65 heavy (non-hydrogen) atoms. The van der Waals surface area contributed by atoms with Crippen LogP contribution in [0.2, 0.25) is 0 Å². The Labute approximate surface area is 400 Å². The van der Waals surface area contributed by atoms with Crippen LogP contribution in [0, 0.1) is 0 Å². The van der Waals surface area contributed by atoms with Gasteiger partial charge in [0.15, 0.2) is 0 Å². The van der Waals surface area contributed by atoms with Gasteiger partial charge < -0.3 is 61.0 Å². The van der Waals surface area contributed by atoms with Crippen molar-refractivity contribution in [3.8, 4) is 0 Å². The number of nitrogens with one attached hydrogen (secondary N) is 3. The van der Waals surface area contributed by atoms with E-state index in [0.29, 0.717) is 38.9 Å². The van der Waals surface area contributed by atoms with Crippen molar-refractivity contribution in [3.63, 3.8) is 0 Å². The largest absolute Gasteiger partial charge is 0.445 e. The summed E-state index contributed by atoms with van der Waals surface area (Å²) in [5, 5.41) is 38.0. The lowest BCUT2D eigenvalue weighted by Crippen LogP contribution is -2.52. The Kier molecular flexibility index (Phi) is 29.0. The van der Waals surface area contributed by atoms with Crippen molar-refractivity contribution in [1.29, 1.82) is 0 Å². The van der Waals surface area contributed by atoms with Crippen molar-refractivity contribution in [2.45, 2.75) is 162 Å². The molecule has 8 N–H and O–H groups in total. The number of unbranched alkanes of at least 4 members (excludes halogenated alkanes) is 2. The first-order valence-electron chi connectivity index (χ1n) is 20.9. The Bertz CT molecular complexity index is 1670. The maximum atomic E-state index is 12.2. The zero-order valence-electron chi connectivity index (χ0n) is 36.2. The first-order valence-corrected chi connectivity index (χ1v) is 21.9. The van der Waals surface area contributed by atoms with E-state index >= 15 is 0 Å². The molecule has 374 valence electrons. The predicted octanol–water partition coefficient (Wildman–Crippen LogP) is 6.86. The van der Waals surface area contributed by atoms with Crippen LogP contribution in [-0.2, 0) is 32.2 Å². The molecule has 5 rings (SSSR count). The summed E-state index contributed by atoms with van der Waals surface area (Å²) in [7, 11) is 0. The highest BCUT2D eigenvalue weighted by Crippen LogP contribution is 2.28. The number of likely N-dealkylation sites (tertiary alicyclic amines) is 2. The fraction of sp³-hybridized carbons (Fsp3) is 0.660. The highest BCUT2D eigenvalue weighted by Gasteiger charge is 2.45. The zero-order chi connectivity index (χ0) is 45.3. The first kappa shape index (κ1) is 63.3. The number of amides is 4. The molecule has 4 amide bonds. The smallest absolute Gasteiger partial charge is 0.410 e. The van der Waals surface area contributed by atoms with E-state index in [1.807, 2.05) is 67.6 Å². The molecule has 0 aliphatic carbocycles. The summed E-state index contributed by atoms with van der Waals surface area (Å²) in [5.41, 5.74) is 3.51. The van der Waals surface area contributed by atoms with Crippen molar-refractivity contribution in [2.75, 3.05) is 39.3 Å². The number of alkyl carbamates (subject to hydrolysis) is 1. The van der Waals surface area contributed by atoms with Crippen molar-refractivity contribution in [1.82, 2.24) is 25.8 Å². The van der Waals surface area contributed by atoms with E-state index in [4.69, 9.17) is 19.9 Å². The van der Waals surface area contributed by atoms with Crippen LogP contribution in [-0.4, -0.2) is 128 Å². The predicted molar refractivity (Wildman–Crippen MR) is 266 cm³/mol. The van der Waals surface area contributed by atoms with Gasteiger partial charge in [0.25, 0.3) is 0 Å². The second kappa shape index (κ2) is 29.8. The van der Waals surface area contributed by atoms with Crippen LogP contribution in [0.4, 0.5) is 14.4 Å². The summed E-state index contributed by atoms with van der Waals surface area (Å²) >= 11 is 8.32. The van der Waals surface area contributed by atoms with Gasteiger partial charge in [-0.15, -0.1) is 0 Å². The molecule has 6 atom stereocenters. The molecule has 2 aromatic rings. The van der Waals surface area contributed by atoms with Gasteiger partial charge in [0.1, 0.15) is 35.4 Å². The molecular formula is C47H84N6O10S2. The van der Waals surface area contributed by atoms with E-state index in [0.717, 1.165) is 36.9 Å². The molecule has 3 aliphatic heterocycles. The lowest BCUT2D eigenvalue weighted by molar-refractivity contribution is -0.123. The van der Waals surface area contributed by atoms with Crippen molar-refractivity contribution in [2.24, 2.45) is 5.73 Å². The Morgan fingerprint density at radius 1 is 0.769 bits per heavy atom. The van der Waals surface area contributed by atoms with Gasteiger partial charge in [0, 0.05) is 26.1 Å². The van der Waals surface area contributed by atoms with Gasteiger partial charge in [0.05, 0.1) is 30.1 Å². The summed E-state index contributed by atoms with van der Waals surface area (Å²) < 4.78 is 15.6. The third-order valence-corrected chi connectivity index (χ3v) is 11.6. The van der Waals surface area contributed by atoms with Gasteiger partial charge in [-0.25, -0.2) is 14.4 Å². The number of nitrogens with two attached hydrogens (primary N) is 1. The minimum absolute atomic E-state index is 0. The summed E-state index contributed by atoms with van der Waals surface area (Å²) in [6.07, 6.45) is 3.50. The third-order valence-electron chi connectivity index (χ3n) is 10.6. The summed E-state index contributed by atoms with van der Waals surface area (Å²) in [4.78, 5) is 50.3. The number of hydrogen-bond acceptors (Lipinski definition) is 14. The molecule has 0 radical (unpaired) electrons. The maximum absolute atomic E-state index is 12.2. The molecule has 0 bridgehead atoms. The van der Waals surface area contributed by atoms with Crippen molar-refractivity contribution in [3.05, 3.63) is 71.8 Å². The Hall–Kier alpha value is -3.78. The number of aliphatic hydroxyl groups is 3. The zero-order valence-corrected chi connectivity index (χ0v) is 38.0. The summed E-state index contributed by atoms with van der Waals surface area (Å²) in [6, 6.07) is 18.6. The molecule has 0 saturated carbocycles. The second-order valence-corrected chi connectivity index (χ2v) is 18.0. The lowest BCUT2D eigenvalue weighted by Gasteiger charge is -2.30. The number of thiol groups is 2. The number of carbonyl (C=O) groups excluding carboxylic acids is 4. The van der Waals surface area contributed by atoms with Crippen LogP contribution in [0.5, 0.6) is 0 Å². The van der Waals surface area contributed by atoms with Gasteiger partial charge >= 0.3 is 18.3 Å². The standard InChI is InChI=1S/C18H26N2O5S.C13H18N2O3S.C12H24N2O2.4CH4/c1-17(2,3)25-15(21)19-14(26)18(23)9-10-20(12-18)16(22)24-11-13-7-5-4-6-8-13;14-11(19)13(17)6-7-15(9-13)12(16)18-8-10-4-2-1-3-5-10;1-3-4-5-6-11(15)14-10(2)12(16)7-8-13-9-12;;;;/h4-8,14,23,26H,9-12H2,1-3H3,(H,19,21);1-5,11,17,19H,6-9,14H2;10,13,16H,3-9H2,1-2H3,(H,14,15);4*1H4. The number of ether oxygens (including phenoxy) is 3. The average molecular weight is 957 g/mol. The molecule has 18 heteroatoms. The third kappa shape index (κ3) is 21.6. The highest BCUT2D eigenvalue weighted by atomic mass is 32.1. The van der Waals surface area contributed by atoms with E-state index in [9.17, 15) is 34.5 Å². The molecule has 3 aliphatic rings. The van der Waals surface area contributed by atoms with Gasteiger partial charge in [-0.3, -0.25) is 4.79 Å². The lowest BCUT2D eigenvalue weighted by atomic mass is 9.94. The monoisotopic (exact) mass is 957 g/mol.